The molecule has 0 fully saturated rings. The number of carbonyl (C=O) groups excluding carboxylic acids is 1. The molecule has 0 aliphatic carbocycles. The van der Waals surface area contributed by atoms with E-state index in [9.17, 15) is 18.0 Å². The molecule has 4 aromatic rings. The molecular weight excluding hydrogens is 539 g/mol. The van der Waals surface area contributed by atoms with Crippen LogP contribution in [0.1, 0.15) is 5.69 Å². The second-order valence-electron chi connectivity index (χ2n) is 7.86. The minimum absolute atomic E-state index is 0.0169. The number of nitrogens with zero attached hydrogens (tertiary/aromatic N) is 1. The zero-order chi connectivity index (χ0) is 26.6. The summed E-state index contributed by atoms with van der Waals surface area (Å²) in [7, 11) is -3.91. The van der Waals surface area contributed by atoms with Gasteiger partial charge in [-0.25, -0.2) is 13.4 Å². The minimum atomic E-state index is -3.91. The molecule has 0 saturated carbocycles. The molecular formula is C25H20Cl2N4O5S. The number of nitrogens with one attached hydrogen (secondary N) is 3. The molecule has 1 aromatic heterocycles. The molecule has 12 heteroatoms. The summed E-state index contributed by atoms with van der Waals surface area (Å²) in [6.45, 7) is 1.34. The van der Waals surface area contributed by atoms with E-state index < -0.39 is 15.9 Å². The molecule has 0 spiro atoms. The summed E-state index contributed by atoms with van der Waals surface area (Å²) in [6.07, 6.45) is 0. The average molecular weight is 559 g/mol. The predicted octanol–water partition coefficient (Wildman–Crippen LogP) is 4.87. The first-order valence-electron chi connectivity index (χ1n) is 10.8. The van der Waals surface area contributed by atoms with Crippen LogP contribution >= 0.6 is 23.2 Å². The monoisotopic (exact) mass is 558 g/mol. The van der Waals surface area contributed by atoms with Crippen LogP contribution in [0.15, 0.2) is 82.5 Å². The molecule has 0 saturated heterocycles. The van der Waals surface area contributed by atoms with Gasteiger partial charge in [-0.15, -0.1) is 0 Å². The maximum Gasteiger partial charge on any atom is 0.262 e. The first-order valence-corrected chi connectivity index (χ1v) is 13.0. The Balaban J connectivity index is 1.39. The quantitative estimate of drug-likeness (QED) is 0.283. The van der Waals surface area contributed by atoms with Crippen LogP contribution in [0.5, 0.6) is 5.75 Å². The van der Waals surface area contributed by atoms with Crippen molar-refractivity contribution in [3.63, 3.8) is 0 Å². The van der Waals surface area contributed by atoms with Gasteiger partial charge in [0.1, 0.15) is 11.6 Å². The van der Waals surface area contributed by atoms with Crippen LogP contribution in [0.4, 0.5) is 11.4 Å². The second kappa shape index (κ2) is 11.0. The number of ether oxygens (including phenoxy) is 1. The number of hydrogen-bond donors (Lipinski definition) is 3. The third kappa shape index (κ3) is 6.88. The number of halogens is 2. The zero-order valence-electron chi connectivity index (χ0n) is 19.3. The van der Waals surface area contributed by atoms with Crippen LogP contribution in [0.2, 0.25) is 10.0 Å². The zero-order valence-corrected chi connectivity index (χ0v) is 21.6. The Morgan fingerprint density at radius 2 is 1.76 bits per heavy atom. The molecule has 9 nitrogen and oxygen atoms in total. The fourth-order valence-corrected chi connectivity index (χ4v) is 4.81. The first kappa shape index (κ1) is 26.2. The first-order chi connectivity index (χ1) is 17.6. The molecule has 37 heavy (non-hydrogen) atoms. The van der Waals surface area contributed by atoms with Gasteiger partial charge < -0.3 is 15.0 Å². The van der Waals surface area contributed by atoms with Crippen molar-refractivity contribution < 1.29 is 17.9 Å². The van der Waals surface area contributed by atoms with E-state index in [1.165, 1.54) is 36.4 Å². The maximum atomic E-state index is 12.7. The number of H-pyrrole nitrogens is 1. The summed E-state index contributed by atoms with van der Waals surface area (Å²) < 4.78 is 33.2. The Bertz CT molecular complexity index is 1620. The number of carbonyl (C=O) groups is 1. The highest BCUT2D eigenvalue weighted by atomic mass is 35.5. The van der Waals surface area contributed by atoms with E-state index in [0.29, 0.717) is 33.5 Å². The number of aryl methyl sites for hydroxylation is 1. The summed E-state index contributed by atoms with van der Waals surface area (Å²) in [5.41, 5.74) is 1.72. The molecule has 3 N–H and O–H groups in total. The van der Waals surface area contributed by atoms with E-state index in [2.05, 4.69) is 20.0 Å². The van der Waals surface area contributed by atoms with Crippen LogP contribution in [-0.4, -0.2) is 30.9 Å². The Labute approximate surface area is 222 Å². The highest BCUT2D eigenvalue weighted by molar-refractivity contribution is 7.92. The maximum absolute atomic E-state index is 12.7. The van der Waals surface area contributed by atoms with Crippen LogP contribution in [0.25, 0.3) is 11.4 Å². The van der Waals surface area contributed by atoms with Crippen molar-refractivity contribution in [2.75, 3.05) is 16.6 Å². The summed E-state index contributed by atoms with van der Waals surface area (Å²) in [5, 5.41) is 3.19. The highest BCUT2D eigenvalue weighted by Gasteiger charge is 2.17. The lowest BCUT2D eigenvalue weighted by atomic mass is 10.2. The molecule has 3 aromatic carbocycles. The normalized spacial score (nSPS) is 11.1. The lowest BCUT2D eigenvalue weighted by Gasteiger charge is -2.12. The molecule has 0 atom stereocenters. The van der Waals surface area contributed by atoms with Gasteiger partial charge in [0.15, 0.2) is 6.61 Å². The molecule has 0 unspecified atom stereocenters. The van der Waals surface area contributed by atoms with Gasteiger partial charge in [-0.05, 0) is 61.5 Å². The van der Waals surface area contributed by atoms with Gasteiger partial charge in [0.25, 0.3) is 21.5 Å². The predicted molar refractivity (Wildman–Crippen MR) is 143 cm³/mol. The van der Waals surface area contributed by atoms with E-state index in [4.69, 9.17) is 27.9 Å². The molecule has 0 radical (unpaired) electrons. The third-order valence-corrected chi connectivity index (χ3v) is 6.88. The molecule has 190 valence electrons. The van der Waals surface area contributed by atoms with Gasteiger partial charge in [-0.1, -0.05) is 35.3 Å². The Kier molecular flexibility index (Phi) is 7.82. The van der Waals surface area contributed by atoms with Crippen LogP contribution in [0, 0.1) is 6.92 Å². The van der Waals surface area contributed by atoms with Gasteiger partial charge >= 0.3 is 0 Å². The minimum Gasteiger partial charge on any atom is -0.482 e. The molecule has 4 rings (SSSR count). The number of benzene rings is 3. The summed E-state index contributed by atoms with van der Waals surface area (Å²) in [5.74, 6) is 0.0438. The lowest BCUT2D eigenvalue weighted by Crippen LogP contribution is -2.20. The summed E-state index contributed by atoms with van der Waals surface area (Å²) >= 11 is 12.0. The van der Waals surface area contributed by atoms with Crippen molar-refractivity contribution in [1.82, 2.24) is 9.97 Å². The van der Waals surface area contributed by atoms with E-state index in [0.717, 1.165) is 0 Å². The van der Waals surface area contributed by atoms with Crippen molar-refractivity contribution in [3.05, 3.63) is 98.9 Å². The number of hydrogen-bond acceptors (Lipinski definition) is 6. The van der Waals surface area contributed by atoms with E-state index in [1.807, 2.05) is 0 Å². The largest absolute Gasteiger partial charge is 0.482 e. The van der Waals surface area contributed by atoms with Crippen molar-refractivity contribution in [2.24, 2.45) is 0 Å². The SMILES string of the molecule is Cc1cc(=O)[nH]c(-c2cccc(NC(=O)COc3ccc(S(=O)(=O)Nc4ccc(Cl)cc4)cc3Cl)c2)n1. The van der Waals surface area contributed by atoms with Gasteiger partial charge in [-0.3, -0.25) is 14.3 Å². The van der Waals surface area contributed by atoms with Gasteiger partial charge in [0, 0.05) is 33.7 Å². The Hall–Kier alpha value is -3.86. The molecule has 1 heterocycles. The van der Waals surface area contributed by atoms with Crippen LogP contribution in [-0.2, 0) is 14.8 Å². The van der Waals surface area contributed by atoms with Gasteiger partial charge in [-0.2, -0.15) is 0 Å². The smallest absolute Gasteiger partial charge is 0.262 e. The van der Waals surface area contributed by atoms with Crippen molar-refractivity contribution in [2.45, 2.75) is 11.8 Å². The summed E-state index contributed by atoms with van der Waals surface area (Å²) in [6, 6.07) is 18.3. The second-order valence-corrected chi connectivity index (χ2v) is 10.4. The lowest BCUT2D eigenvalue weighted by molar-refractivity contribution is -0.118. The topological polar surface area (TPSA) is 130 Å². The number of anilines is 2. The van der Waals surface area contributed by atoms with Crippen molar-refractivity contribution in [1.29, 1.82) is 0 Å². The molecule has 0 bridgehead atoms. The van der Waals surface area contributed by atoms with Crippen LogP contribution < -0.4 is 20.3 Å². The van der Waals surface area contributed by atoms with Crippen molar-refractivity contribution in [3.8, 4) is 17.1 Å². The number of amides is 1. The highest BCUT2D eigenvalue weighted by Crippen LogP contribution is 2.28. The molecule has 1 amide bonds. The summed E-state index contributed by atoms with van der Waals surface area (Å²) in [4.78, 5) is 31.0. The van der Waals surface area contributed by atoms with Gasteiger partial charge in [0.05, 0.1) is 9.92 Å². The number of rotatable bonds is 8. The Morgan fingerprint density at radius 3 is 2.46 bits per heavy atom. The van der Waals surface area contributed by atoms with E-state index in [-0.39, 0.29) is 27.8 Å². The number of sulfonamides is 1. The van der Waals surface area contributed by atoms with Crippen LogP contribution in [0.3, 0.4) is 0 Å². The third-order valence-electron chi connectivity index (χ3n) is 4.96. The van der Waals surface area contributed by atoms with Gasteiger partial charge in [0.2, 0.25) is 0 Å². The standard InChI is InChI=1S/C25H20Cl2N4O5S/c1-15-11-23(32)30-25(28-15)16-3-2-4-19(12-16)29-24(33)14-36-22-10-9-20(13-21(22)27)37(34,35)31-18-7-5-17(26)6-8-18/h2-13,31H,14H2,1H3,(H,29,33)(H,28,30,32). The number of aromatic amines is 1. The fraction of sp³-hybridized carbons (Fsp3) is 0.0800. The van der Waals surface area contributed by atoms with Crippen molar-refractivity contribution >= 4 is 50.5 Å². The fourth-order valence-electron chi connectivity index (χ4n) is 3.30. The van der Waals surface area contributed by atoms with E-state index >= 15 is 0 Å². The molecule has 0 aliphatic rings. The van der Waals surface area contributed by atoms with E-state index in [1.54, 1.807) is 43.3 Å². The average Bonchev–Trinajstić information content (AvgIpc) is 2.84. The Morgan fingerprint density at radius 1 is 1.00 bits per heavy atom. The number of aromatic nitrogens is 2. The molecule has 0 aliphatic heterocycles.